The SMILES string of the molecule is CC(C)c1ccc(-n2cc[n+](-c3ccc(C(C)C)c(C(C)C)c3C(C)C)c2)c(C(C)C)c1C(C)C.[Cl-]. The molecule has 3 rings (SSSR count). The van der Waals surface area contributed by atoms with Crippen LogP contribution in [0.5, 0.6) is 0 Å². The third-order valence-corrected chi connectivity index (χ3v) is 7.34. The van der Waals surface area contributed by atoms with Gasteiger partial charge in [-0.1, -0.05) is 95.2 Å². The topological polar surface area (TPSA) is 8.81 Å². The van der Waals surface area contributed by atoms with Gasteiger partial charge in [0.25, 0.3) is 6.33 Å². The van der Waals surface area contributed by atoms with Crippen molar-refractivity contribution in [2.24, 2.45) is 0 Å². The molecule has 0 N–H and O–H groups in total. The number of hydrogen-bond donors (Lipinski definition) is 0. The molecular weight excluding hydrogens is 460 g/mol. The second-order valence-corrected chi connectivity index (χ2v) is 12.2. The van der Waals surface area contributed by atoms with E-state index in [1.165, 1.54) is 44.8 Å². The van der Waals surface area contributed by atoms with Gasteiger partial charge < -0.3 is 12.4 Å². The van der Waals surface area contributed by atoms with Gasteiger partial charge in [-0.3, -0.25) is 0 Å². The number of aromatic nitrogens is 2. The average molecular weight is 509 g/mol. The Hall–Kier alpha value is -2.06. The van der Waals surface area contributed by atoms with Crippen molar-refractivity contribution >= 4 is 0 Å². The minimum atomic E-state index is 0. The lowest BCUT2D eigenvalue weighted by atomic mass is 9.82. The Balaban J connectivity index is 0.00000456. The van der Waals surface area contributed by atoms with Crippen LogP contribution in [0.3, 0.4) is 0 Å². The Morgan fingerprint density at radius 2 is 0.972 bits per heavy atom. The van der Waals surface area contributed by atoms with Crippen LogP contribution in [0, 0.1) is 0 Å². The molecule has 198 valence electrons. The van der Waals surface area contributed by atoms with Crippen molar-refractivity contribution in [1.82, 2.24) is 4.57 Å². The quantitative estimate of drug-likeness (QED) is 0.307. The second kappa shape index (κ2) is 12.0. The van der Waals surface area contributed by atoms with Crippen molar-refractivity contribution in [1.29, 1.82) is 0 Å². The average Bonchev–Trinajstić information content (AvgIpc) is 3.26. The molecule has 0 atom stereocenters. The molecule has 0 amide bonds. The van der Waals surface area contributed by atoms with E-state index < -0.39 is 0 Å². The Bertz CT molecular complexity index is 1070. The molecule has 1 heterocycles. The lowest BCUT2D eigenvalue weighted by molar-refractivity contribution is -0.595. The molecular formula is C33H49ClN2. The van der Waals surface area contributed by atoms with Crippen molar-refractivity contribution in [3.8, 4) is 11.4 Å². The van der Waals surface area contributed by atoms with Gasteiger partial charge in [-0.2, -0.15) is 0 Å². The van der Waals surface area contributed by atoms with E-state index >= 15 is 0 Å². The van der Waals surface area contributed by atoms with Gasteiger partial charge in [-0.15, -0.1) is 0 Å². The lowest BCUT2D eigenvalue weighted by Crippen LogP contribution is -3.00. The molecule has 36 heavy (non-hydrogen) atoms. The monoisotopic (exact) mass is 508 g/mol. The molecule has 0 aliphatic rings. The fourth-order valence-corrected chi connectivity index (χ4v) is 5.88. The Kier molecular flexibility index (Phi) is 10.0. The normalized spacial score (nSPS) is 12.1. The van der Waals surface area contributed by atoms with Gasteiger partial charge in [0.2, 0.25) is 0 Å². The molecule has 0 radical (unpaired) electrons. The van der Waals surface area contributed by atoms with Crippen LogP contribution in [0.15, 0.2) is 43.0 Å². The minimum Gasteiger partial charge on any atom is -1.00 e. The molecule has 2 aromatic carbocycles. The zero-order chi connectivity index (χ0) is 26.2. The van der Waals surface area contributed by atoms with E-state index in [2.05, 4.69) is 135 Å². The molecule has 0 spiro atoms. The van der Waals surface area contributed by atoms with Gasteiger partial charge in [-0.25, -0.2) is 9.13 Å². The highest BCUT2D eigenvalue weighted by Crippen LogP contribution is 2.38. The maximum Gasteiger partial charge on any atom is 0.254 e. The summed E-state index contributed by atoms with van der Waals surface area (Å²) >= 11 is 0. The van der Waals surface area contributed by atoms with Gasteiger partial charge >= 0.3 is 0 Å². The molecule has 2 nitrogen and oxygen atoms in total. The summed E-state index contributed by atoms with van der Waals surface area (Å²) in [6.07, 6.45) is 6.74. The van der Waals surface area contributed by atoms with Crippen molar-refractivity contribution in [2.45, 2.75) is 119 Å². The van der Waals surface area contributed by atoms with Gasteiger partial charge in [0.15, 0.2) is 0 Å². The zero-order valence-corrected chi connectivity index (χ0v) is 25.5. The van der Waals surface area contributed by atoms with Gasteiger partial charge in [0, 0.05) is 11.1 Å². The zero-order valence-electron chi connectivity index (χ0n) is 24.8. The summed E-state index contributed by atoms with van der Waals surface area (Å²) in [5.74, 6) is 2.96. The molecule has 3 heteroatoms. The summed E-state index contributed by atoms with van der Waals surface area (Å²) in [7, 11) is 0. The first kappa shape index (κ1) is 30.2. The van der Waals surface area contributed by atoms with Crippen molar-refractivity contribution in [2.75, 3.05) is 0 Å². The Labute approximate surface area is 227 Å². The van der Waals surface area contributed by atoms with Gasteiger partial charge in [0.05, 0.1) is 0 Å². The maximum absolute atomic E-state index is 2.36. The van der Waals surface area contributed by atoms with Crippen LogP contribution >= 0.6 is 0 Å². The predicted molar refractivity (Wildman–Crippen MR) is 152 cm³/mol. The third-order valence-electron chi connectivity index (χ3n) is 7.34. The summed E-state index contributed by atoms with van der Waals surface area (Å²) in [5.41, 5.74) is 11.6. The van der Waals surface area contributed by atoms with Crippen molar-refractivity contribution in [3.05, 3.63) is 76.4 Å². The number of benzene rings is 2. The summed E-state index contributed by atoms with van der Waals surface area (Å²) < 4.78 is 4.67. The van der Waals surface area contributed by atoms with Crippen LogP contribution < -0.4 is 17.0 Å². The van der Waals surface area contributed by atoms with E-state index in [0.717, 1.165) is 0 Å². The number of halogens is 1. The molecule has 0 aliphatic carbocycles. The molecule has 0 aliphatic heterocycles. The molecule has 1 aromatic heterocycles. The Morgan fingerprint density at radius 3 is 1.42 bits per heavy atom. The molecule has 0 unspecified atom stereocenters. The first-order valence-corrected chi connectivity index (χ1v) is 13.8. The lowest BCUT2D eigenvalue weighted by Gasteiger charge is -2.24. The molecule has 0 fully saturated rings. The van der Waals surface area contributed by atoms with E-state index in [1.807, 2.05) is 0 Å². The summed E-state index contributed by atoms with van der Waals surface area (Å²) in [6, 6.07) is 9.40. The van der Waals surface area contributed by atoms with E-state index in [9.17, 15) is 0 Å². The van der Waals surface area contributed by atoms with Crippen LogP contribution in [0.1, 0.15) is 152 Å². The van der Waals surface area contributed by atoms with E-state index in [1.54, 1.807) is 0 Å². The highest BCUT2D eigenvalue weighted by Gasteiger charge is 2.26. The second-order valence-electron chi connectivity index (χ2n) is 12.2. The van der Waals surface area contributed by atoms with Crippen molar-refractivity contribution < 1.29 is 17.0 Å². The number of hydrogen-bond acceptors (Lipinski definition) is 0. The third kappa shape index (κ3) is 5.75. The molecule has 0 bridgehead atoms. The summed E-state index contributed by atoms with van der Waals surface area (Å²) in [4.78, 5) is 0. The Morgan fingerprint density at radius 1 is 0.528 bits per heavy atom. The van der Waals surface area contributed by atoms with E-state index in [-0.39, 0.29) is 12.4 Å². The van der Waals surface area contributed by atoms with Crippen molar-refractivity contribution in [3.63, 3.8) is 0 Å². The van der Waals surface area contributed by atoms with Crippen LogP contribution in [-0.2, 0) is 0 Å². The minimum absolute atomic E-state index is 0. The first-order chi connectivity index (χ1) is 16.4. The standard InChI is InChI=1S/C33H49N2.ClH/c1-20(2)26-13-15-28(32(24(9)10)30(26)22(5)6)34-17-18-35(19-34)29-16-14-27(21(3)4)31(23(7)8)33(29)25(11)12;/h13-25H,1-12H3;1H/q+1;/p-1. The highest BCUT2D eigenvalue weighted by molar-refractivity contribution is 5.54. The van der Waals surface area contributed by atoms with E-state index in [4.69, 9.17) is 0 Å². The molecule has 0 saturated carbocycles. The highest BCUT2D eigenvalue weighted by atomic mass is 35.5. The maximum atomic E-state index is 2.36. The van der Waals surface area contributed by atoms with Crippen LogP contribution in [0.2, 0.25) is 0 Å². The molecule has 0 saturated heterocycles. The predicted octanol–water partition coefficient (Wildman–Crippen LogP) is 6.50. The fraction of sp³-hybridized carbons (Fsp3) is 0.545. The summed E-state index contributed by atoms with van der Waals surface area (Å²) in [6.45, 7) is 28.0. The van der Waals surface area contributed by atoms with Crippen LogP contribution in [0.4, 0.5) is 0 Å². The fourth-order valence-electron chi connectivity index (χ4n) is 5.88. The van der Waals surface area contributed by atoms with Gasteiger partial charge in [0.1, 0.15) is 23.8 Å². The number of nitrogens with zero attached hydrogens (tertiary/aromatic N) is 2. The largest absolute Gasteiger partial charge is 1.00 e. The van der Waals surface area contributed by atoms with Crippen LogP contribution in [0.25, 0.3) is 11.4 Å². The number of rotatable bonds is 8. The summed E-state index contributed by atoms with van der Waals surface area (Å²) in [5, 5.41) is 0. The molecule has 3 aromatic rings. The van der Waals surface area contributed by atoms with Gasteiger partial charge in [-0.05, 0) is 69.9 Å². The number of imidazole rings is 1. The first-order valence-electron chi connectivity index (χ1n) is 13.8. The van der Waals surface area contributed by atoms with E-state index in [0.29, 0.717) is 35.5 Å². The van der Waals surface area contributed by atoms with Crippen LogP contribution in [-0.4, -0.2) is 4.57 Å². The smallest absolute Gasteiger partial charge is 0.254 e.